The second-order valence-corrected chi connectivity index (χ2v) is 1.65. The summed E-state index contributed by atoms with van der Waals surface area (Å²) in [6.07, 6.45) is 0.968. The Morgan fingerprint density at radius 2 is 2.00 bits per heavy atom. The van der Waals surface area contributed by atoms with Gasteiger partial charge in [0.05, 0.1) is 0 Å². The van der Waals surface area contributed by atoms with Crippen LogP contribution in [0.3, 0.4) is 0 Å². The van der Waals surface area contributed by atoms with E-state index in [1.807, 2.05) is 18.2 Å². The molecule has 52 valence electrons. The molecular formula is C7H7NO2. The molecule has 0 atom stereocenters. The Labute approximate surface area is 58.6 Å². The summed E-state index contributed by atoms with van der Waals surface area (Å²) in [5, 5.41) is 10.7. The molecule has 0 saturated carbocycles. The van der Waals surface area contributed by atoms with Gasteiger partial charge in [-0.2, -0.15) is 0 Å². The van der Waals surface area contributed by atoms with E-state index >= 15 is 0 Å². The molecule has 0 radical (unpaired) electrons. The number of para-hydroxylation sites is 1. The Kier molecular flexibility index (Phi) is 2.31. The number of rotatable bonds is 2. The third-order valence-corrected chi connectivity index (χ3v) is 0.979. The van der Waals surface area contributed by atoms with Gasteiger partial charge in [0.1, 0.15) is 5.75 Å². The molecule has 1 aromatic rings. The topological polar surface area (TPSA) is 41.8 Å². The highest BCUT2D eigenvalue weighted by molar-refractivity contribution is 5.50. The van der Waals surface area contributed by atoms with Crippen LogP contribution in [-0.4, -0.2) is 11.6 Å². The first kappa shape index (κ1) is 6.61. The van der Waals surface area contributed by atoms with Crippen molar-refractivity contribution in [3.05, 3.63) is 30.3 Å². The van der Waals surface area contributed by atoms with Gasteiger partial charge in [0, 0.05) is 0 Å². The molecule has 0 bridgehead atoms. The maximum atomic E-state index is 7.97. The molecule has 3 heteroatoms. The molecule has 0 aromatic heterocycles. The predicted octanol–water partition coefficient (Wildman–Crippen LogP) is 1.48. The lowest BCUT2D eigenvalue weighted by molar-refractivity contribution is 0.310. The van der Waals surface area contributed by atoms with Gasteiger partial charge in [0.2, 0.25) is 6.40 Å². The zero-order valence-electron chi connectivity index (χ0n) is 5.27. The van der Waals surface area contributed by atoms with Crippen LogP contribution < -0.4 is 4.74 Å². The van der Waals surface area contributed by atoms with Crippen LogP contribution in [0.5, 0.6) is 5.75 Å². The maximum Gasteiger partial charge on any atom is 0.218 e. The van der Waals surface area contributed by atoms with Crippen molar-refractivity contribution in [3.63, 3.8) is 0 Å². The lowest BCUT2D eigenvalue weighted by Crippen LogP contribution is -1.87. The number of nitrogens with zero attached hydrogens (tertiary/aromatic N) is 1. The number of ether oxygens (including phenoxy) is 1. The highest BCUT2D eigenvalue weighted by Crippen LogP contribution is 2.06. The monoisotopic (exact) mass is 137 g/mol. The van der Waals surface area contributed by atoms with Crippen molar-refractivity contribution in [2.24, 2.45) is 5.16 Å². The van der Waals surface area contributed by atoms with Gasteiger partial charge in [0.15, 0.2) is 0 Å². The zero-order chi connectivity index (χ0) is 7.23. The molecule has 1 N–H and O–H groups in total. The number of oxime groups is 1. The molecule has 0 aliphatic carbocycles. The fraction of sp³-hybridized carbons (Fsp3) is 0. The van der Waals surface area contributed by atoms with E-state index in [1.54, 1.807) is 12.1 Å². The van der Waals surface area contributed by atoms with Crippen LogP contribution in [0.15, 0.2) is 35.5 Å². The van der Waals surface area contributed by atoms with Gasteiger partial charge in [0.25, 0.3) is 0 Å². The second kappa shape index (κ2) is 3.50. The molecule has 0 aliphatic rings. The average molecular weight is 137 g/mol. The van der Waals surface area contributed by atoms with Crippen molar-refractivity contribution in [2.75, 3.05) is 0 Å². The summed E-state index contributed by atoms with van der Waals surface area (Å²) in [5.74, 6) is 0.653. The average Bonchev–Trinajstić information content (AvgIpc) is 2.03. The summed E-state index contributed by atoms with van der Waals surface area (Å²) < 4.78 is 4.81. The molecule has 3 nitrogen and oxygen atoms in total. The highest BCUT2D eigenvalue weighted by atomic mass is 16.5. The molecule has 0 unspecified atom stereocenters. The van der Waals surface area contributed by atoms with Gasteiger partial charge < -0.3 is 9.94 Å². The van der Waals surface area contributed by atoms with Crippen LogP contribution in [0.2, 0.25) is 0 Å². The first-order valence-electron chi connectivity index (χ1n) is 2.81. The standard InChI is InChI=1S/C7H7NO2/c9-8-6-10-7-4-2-1-3-5-7/h1-6,9H. The molecule has 0 spiro atoms. The van der Waals surface area contributed by atoms with Gasteiger partial charge >= 0.3 is 0 Å². The van der Waals surface area contributed by atoms with Crippen LogP contribution in [0.25, 0.3) is 0 Å². The normalized spacial score (nSPS) is 10.0. The second-order valence-electron chi connectivity index (χ2n) is 1.65. The summed E-state index contributed by atoms with van der Waals surface area (Å²) in [6.45, 7) is 0. The first-order valence-corrected chi connectivity index (χ1v) is 2.81. The van der Waals surface area contributed by atoms with Crippen molar-refractivity contribution in [1.29, 1.82) is 0 Å². The van der Waals surface area contributed by atoms with Gasteiger partial charge in [-0.15, -0.1) is 0 Å². The van der Waals surface area contributed by atoms with Crippen molar-refractivity contribution in [2.45, 2.75) is 0 Å². The molecule has 0 saturated heterocycles. The fourth-order valence-electron chi connectivity index (χ4n) is 0.583. The largest absolute Gasteiger partial charge is 0.443 e. The van der Waals surface area contributed by atoms with Crippen LogP contribution in [-0.2, 0) is 0 Å². The van der Waals surface area contributed by atoms with E-state index in [-0.39, 0.29) is 0 Å². The molecule has 0 heterocycles. The summed E-state index contributed by atoms with van der Waals surface area (Å²) in [6, 6.07) is 9.08. The van der Waals surface area contributed by atoms with Gasteiger partial charge in [-0.1, -0.05) is 23.4 Å². The minimum atomic E-state index is 0.653. The van der Waals surface area contributed by atoms with Gasteiger partial charge in [-0.05, 0) is 12.1 Å². The van der Waals surface area contributed by atoms with E-state index < -0.39 is 0 Å². The fourth-order valence-corrected chi connectivity index (χ4v) is 0.583. The Hall–Kier alpha value is -1.51. The molecule has 1 rings (SSSR count). The van der Waals surface area contributed by atoms with Crippen LogP contribution in [0.4, 0.5) is 0 Å². The molecule has 10 heavy (non-hydrogen) atoms. The zero-order valence-corrected chi connectivity index (χ0v) is 5.27. The molecule has 0 fully saturated rings. The van der Waals surface area contributed by atoms with E-state index in [2.05, 4.69) is 5.16 Å². The Morgan fingerprint density at radius 1 is 1.30 bits per heavy atom. The minimum absolute atomic E-state index is 0.653. The summed E-state index contributed by atoms with van der Waals surface area (Å²) in [7, 11) is 0. The van der Waals surface area contributed by atoms with E-state index in [0.29, 0.717) is 5.75 Å². The minimum Gasteiger partial charge on any atom is -0.443 e. The highest BCUT2D eigenvalue weighted by Gasteiger charge is 1.84. The molecule has 0 amide bonds. The maximum absolute atomic E-state index is 7.97. The van der Waals surface area contributed by atoms with Crippen LogP contribution in [0.1, 0.15) is 0 Å². The van der Waals surface area contributed by atoms with E-state index in [9.17, 15) is 0 Å². The molecule has 1 aromatic carbocycles. The predicted molar refractivity (Wildman–Crippen MR) is 37.3 cm³/mol. The Bertz CT molecular complexity index is 208. The first-order chi connectivity index (χ1) is 4.93. The van der Waals surface area contributed by atoms with E-state index in [0.717, 1.165) is 6.40 Å². The lowest BCUT2D eigenvalue weighted by Gasteiger charge is -1.94. The lowest BCUT2D eigenvalue weighted by atomic mass is 10.3. The quantitative estimate of drug-likeness (QED) is 0.290. The van der Waals surface area contributed by atoms with E-state index in [4.69, 9.17) is 9.94 Å². The van der Waals surface area contributed by atoms with Crippen molar-refractivity contribution in [1.82, 2.24) is 0 Å². The summed E-state index contributed by atoms with van der Waals surface area (Å²) >= 11 is 0. The van der Waals surface area contributed by atoms with Gasteiger partial charge in [-0.3, -0.25) is 0 Å². The van der Waals surface area contributed by atoms with Crippen molar-refractivity contribution >= 4 is 6.40 Å². The van der Waals surface area contributed by atoms with Crippen molar-refractivity contribution < 1.29 is 9.94 Å². The van der Waals surface area contributed by atoms with Gasteiger partial charge in [-0.25, -0.2) is 0 Å². The summed E-state index contributed by atoms with van der Waals surface area (Å²) in [4.78, 5) is 0. The van der Waals surface area contributed by atoms with E-state index in [1.165, 1.54) is 0 Å². The van der Waals surface area contributed by atoms with Crippen LogP contribution in [0, 0.1) is 0 Å². The molecule has 0 aliphatic heterocycles. The van der Waals surface area contributed by atoms with Crippen molar-refractivity contribution in [3.8, 4) is 5.75 Å². The van der Waals surface area contributed by atoms with Crippen LogP contribution >= 0.6 is 0 Å². The third-order valence-electron chi connectivity index (χ3n) is 0.979. The Balaban J connectivity index is 2.59. The Morgan fingerprint density at radius 3 is 2.60 bits per heavy atom. The summed E-state index contributed by atoms with van der Waals surface area (Å²) in [5.41, 5.74) is 0. The number of hydrogen-bond acceptors (Lipinski definition) is 3. The SMILES string of the molecule is ON=COc1ccccc1. The number of hydrogen-bond donors (Lipinski definition) is 1. The third kappa shape index (κ3) is 1.78. The number of benzene rings is 1. The molecular weight excluding hydrogens is 130 g/mol. The smallest absolute Gasteiger partial charge is 0.218 e.